The van der Waals surface area contributed by atoms with E-state index in [0.717, 1.165) is 43.2 Å². The van der Waals surface area contributed by atoms with Crippen molar-refractivity contribution in [2.75, 3.05) is 52.0 Å². The first-order chi connectivity index (χ1) is 11.6. The summed E-state index contributed by atoms with van der Waals surface area (Å²) in [5, 5.41) is 5.59. The van der Waals surface area contributed by atoms with Crippen LogP contribution >= 0.6 is 22.7 Å². The Bertz CT molecular complexity index is 680. The SMILES string of the molecule is CN1CCN(CC(=O)NCCc2ccc(-c3csc(N)n3)s2)CC1.O. The summed E-state index contributed by atoms with van der Waals surface area (Å²) in [6.07, 6.45) is 0.846. The van der Waals surface area contributed by atoms with Crippen LogP contribution in [0.1, 0.15) is 4.88 Å². The molecule has 0 aliphatic carbocycles. The summed E-state index contributed by atoms with van der Waals surface area (Å²) < 4.78 is 0. The third-order valence-corrected chi connectivity index (χ3v) is 5.93. The van der Waals surface area contributed by atoms with Gasteiger partial charge in [0.2, 0.25) is 5.91 Å². The van der Waals surface area contributed by atoms with Crippen molar-refractivity contribution in [3.05, 3.63) is 22.4 Å². The second-order valence-corrected chi connectivity index (χ2v) is 8.07. The second kappa shape index (κ2) is 9.25. The lowest BCUT2D eigenvalue weighted by Gasteiger charge is -2.31. The van der Waals surface area contributed by atoms with Gasteiger partial charge in [-0.25, -0.2) is 4.98 Å². The molecule has 0 radical (unpaired) electrons. The number of thiazole rings is 1. The highest BCUT2D eigenvalue weighted by Gasteiger charge is 2.16. The van der Waals surface area contributed by atoms with Gasteiger partial charge in [0.25, 0.3) is 0 Å². The van der Waals surface area contributed by atoms with Crippen molar-refractivity contribution < 1.29 is 10.3 Å². The standard InChI is InChI=1S/C16H23N5OS2.H2O/c1-20-6-8-21(9-7-20)10-15(22)18-5-4-12-2-3-14(24-12)13-11-23-16(17)19-13;/h2-3,11H,4-10H2,1H3,(H2,17,19)(H,18,22);1H2. The molecule has 3 rings (SSSR count). The van der Waals surface area contributed by atoms with Crippen molar-refractivity contribution in [2.24, 2.45) is 0 Å². The Morgan fingerprint density at radius 1 is 1.32 bits per heavy atom. The molecule has 1 fully saturated rings. The highest BCUT2D eigenvalue weighted by molar-refractivity contribution is 7.16. The molecule has 1 amide bonds. The van der Waals surface area contributed by atoms with E-state index in [4.69, 9.17) is 5.73 Å². The number of nitrogens with one attached hydrogen (secondary N) is 1. The Labute approximate surface area is 155 Å². The average Bonchev–Trinajstić information content (AvgIpc) is 3.18. The molecule has 1 saturated heterocycles. The zero-order chi connectivity index (χ0) is 16.9. The molecule has 9 heteroatoms. The monoisotopic (exact) mass is 383 g/mol. The number of nitrogens with two attached hydrogens (primary N) is 1. The number of thiophene rings is 1. The van der Waals surface area contributed by atoms with Crippen LogP contribution in [0.5, 0.6) is 0 Å². The van der Waals surface area contributed by atoms with E-state index in [1.807, 2.05) is 5.38 Å². The molecule has 0 aromatic carbocycles. The minimum absolute atomic E-state index is 0. The summed E-state index contributed by atoms with van der Waals surface area (Å²) >= 11 is 3.16. The fraction of sp³-hybridized carbons (Fsp3) is 0.500. The van der Waals surface area contributed by atoms with Gasteiger partial charge in [0.05, 0.1) is 17.1 Å². The molecule has 0 saturated carbocycles. The Balaban J connectivity index is 0.00000225. The summed E-state index contributed by atoms with van der Waals surface area (Å²) in [5.41, 5.74) is 6.62. The van der Waals surface area contributed by atoms with Crippen LogP contribution in [0.2, 0.25) is 0 Å². The van der Waals surface area contributed by atoms with E-state index in [9.17, 15) is 4.79 Å². The molecule has 0 bridgehead atoms. The van der Waals surface area contributed by atoms with E-state index in [2.05, 4.69) is 39.3 Å². The number of nitrogens with zero attached hydrogens (tertiary/aromatic N) is 3. The van der Waals surface area contributed by atoms with Gasteiger partial charge in [-0.05, 0) is 25.6 Å². The Morgan fingerprint density at radius 3 is 2.76 bits per heavy atom. The van der Waals surface area contributed by atoms with Crippen LogP contribution < -0.4 is 11.1 Å². The maximum absolute atomic E-state index is 12.0. The number of likely N-dealkylation sites (N-methyl/N-ethyl adjacent to an activating group) is 1. The number of nitrogen functional groups attached to an aromatic ring is 1. The summed E-state index contributed by atoms with van der Waals surface area (Å²) in [4.78, 5) is 23.2. The molecule has 3 heterocycles. The molecular weight excluding hydrogens is 358 g/mol. The number of hydrogen-bond donors (Lipinski definition) is 2. The third kappa shape index (κ3) is 5.75. The fourth-order valence-corrected chi connectivity index (χ4v) is 4.25. The van der Waals surface area contributed by atoms with Gasteiger partial charge in [0, 0.05) is 43.0 Å². The number of amides is 1. The minimum Gasteiger partial charge on any atom is -0.412 e. The van der Waals surface area contributed by atoms with Crippen molar-refractivity contribution in [3.63, 3.8) is 0 Å². The molecule has 1 aliphatic heterocycles. The third-order valence-electron chi connectivity index (χ3n) is 4.09. The highest BCUT2D eigenvalue weighted by Crippen LogP contribution is 2.29. The molecule has 0 atom stereocenters. The largest absolute Gasteiger partial charge is 0.412 e. The zero-order valence-electron chi connectivity index (χ0n) is 14.3. The van der Waals surface area contributed by atoms with Crippen molar-refractivity contribution in [3.8, 4) is 10.6 Å². The quantitative estimate of drug-likeness (QED) is 0.757. The summed E-state index contributed by atoms with van der Waals surface area (Å²) in [5.74, 6) is 0.114. The number of anilines is 1. The molecule has 138 valence electrons. The molecular formula is C16H25N5O2S2. The number of hydrogen-bond acceptors (Lipinski definition) is 7. The summed E-state index contributed by atoms with van der Waals surface area (Å²) in [6.45, 7) is 5.18. The highest BCUT2D eigenvalue weighted by atomic mass is 32.1. The van der Waals surface area contributed by atoms with Gasteiger partial charge in [-0.2, -0.15) is 0 Å². The van der Waals surface area contributed by atoms with Gasteiger partial charge in [0.15, 0.2) is 5.13 Å². The molecule has 7 nitrogen and oxygen atoms in total. The van der Waals surface area contributed by atoms with Gasteiger partial charge in [-0.3, -0.25) is 9.69 Å². The van der Waals surface area contributed by atoms with E-state index in [0.29, 0.717) is 18.2 Å². The van der Waals surface area contributed by atoms with Crippen molar-refractivity contribution in [1.29, 1.82) is 0 Å². The number of rotatable bonds is 6. The van der Waals surface area contributed by atoms with Crippen LogP contribution in [0.3, 0.4) is 0 Å². The van der Waals surface area contributed by atoms with Gasteiger partial charge >= 0.3 is 0 Å². The second-order valence-electron chi connectivity index (χ2n) is 6.02. The van der Waals surface area contributed by atoms with Gasteiger partial charge in [-0.1, -0.05) is 0 Å². The molecule has 0 spiro atoms. The molecule has 1 aliphatic rings. The summed E-state index contributed by atoms with van der Waals surface area (Å²) in [6, 6.07) is 4.17. The fourth-order valence-electron chi connectivity index (χ4n) is 2.64. The molecule has 0 unspecified atom stereocenters. The first-order valence-corrected chi connectivity index (χ1v) is 9.77. The predicted molar refractivity (Wildman–Crippen MR) is 104 cm³/mol. The van der Waals surface area contributed by atoms with Crippen LogP contribution in [-0.2, 0) is 11.2 Å². The van der Waals surface area contributed by atoms with E-state index < -0.39 is 0 Å². The van der Waals surface area contributed by atoms with Crippen LogP contribution in [0.25, 0.3) is 10.6 Å². The molecule has 2 aromatic rings. The van der Waals surface area contributed by atoms with E-state index in [1.165, 1.54) is 16.2 Å². The molecule has 2 aromatic heterocycles. The van der Waals surface area contributed by atoms with E-state index >= 15 is 0 Å². The lowest BCUT2D eigenvalue weighted by molar-refractivity contribution is -0.122. The predicted octanol–water partition coefficient (Wildman–Crippen LogP) is 0.535. The van der Waals surface area contributed by atoms with Crippen molar-refractivity contribution in [1.82, 2.24) is 20.1 Å². The van der Waals surface area contributed by atoms with Crippen LogP contribution in [0.15, 0.2) is 17.5 Å². The lowest BCUT2D eigenvalue weighted by Crippen LogP contribution is -2.48. The van der Waals surface area contributed by atoms with E-state index in [1.54, 1.807) is 11.3 Å². The number of aromatic nitrogens is 1. The smallest absolute Gasteiger partial charge is 0.234 e. The Kier molecular flexibility index (Phi) is 7.33. The topological polar surface area (TPSA) is 106 Å². The first-order valence-electron chi connectivity index (χ1n) is 8.08. The molecule has 25 heavy (non-hydrogen) atoms. The normalized spacial score (nSPS) is 15.7. The van der Waals surface area contributed by atoms with Gasteiger partial charge < -0.3 is 21.4 Å². The number of carbonyl (C=O) groups excluding carboxylic acids is 1. The Hall–Kier alpha value is -1.52. The molecule has 5 N–H and O–H groups in total. The van der Waals surface area contributed by atoms with Crippen molar-refractivity contribution >= 4 is 33.7 Å². The van der Waals surface area contributed by atoms with Gasteiger partial charge in [0.1, 0.15) is 0 Å². The van der Waals surface area contributed by atoms with Crippen LogP contribution in [0, 0.1) is 0 Å². The maximum atomic E-state index is 12.0. The summed E-state index contributed by atoms with van der Waals surface area (Å²) in [7, 11) is 2.12. The van der Waals surface area contributed by atoms with E-state index in [-0.39, 0.29) is 11.4 Å². The number of carbonyl (C=O) groups is 1. The van der Waals surface area contributed by atoms with Crippen LogP contribution in [-0.4, -0.2) is 72.5 Å². The zero-order valence-corrected chi connectivity index (χ0v) is 16.0. The minimum atomic E-state index is 0. The van der Waals surface area contributed by atoms with Crippen molar-refractivity contribution in [2.45, 2.75) is 6.42 Å². The maximum Gasteiger partial charge on any atom is 0.234 e. The Morgan fingerprint density at radius 2 is 2.08 bits per heavy atom. The lowest BCUT2D eigenvalue weighted by atomic mass is 10.3. The average molecular weight is 384 g/mol. The first kappa shape index (κ1) is 19.8. The van der Waals surface area contributed by atoms with Crippen LogP contribution in [0.4, 0.5) is 5.13 Å². The van der Waals surface area contributed by atoms with Gasteiger partial charge in [-0.15, -0.1) is 22.7 Å². The number of piperazine rings is 1.